The number of benzene rings is 2. The fourth-order valence-electron chi connectivity index (χ4n) is 6.21. The zero-order chi connectivity index (χ0) is 28.6. The van der Waals surface area contributed by atoms with Crippen LogP contribution in [-0.4, -0.2) is 51.8 Å². The average molecular weight is 562 g/mol. The lowest BCUT2D eigenvalue weighted by Gasteiger charge is -2.32. The molecule has 2 fully saturated rings. The van der Waals surface area contributed by atoms with Crippen molar-refractivity contribution in [1.29, 1.82) is 0 Å². The summed E-state index contributed by atoms with van der Waals surface area (Å²) in [6.45, 7) is 8.34. The number of piperidine rings is 1. The first-order valence-corrected chi connectivity index (χ1v) is 14.3. The number of halogens is 1. The summed E-state index contributed by atoms with van der Waals surface area (Å²) in [7, 11) is 0. The molecule has 0 saturated carbocycles. The Hall–Kier alpha value is -3.69. The third kappa shape index (κ3) is 5.74. The van der Waals surface area contributed by atoms with Gasteiger partial charge in [-0.1, -0.05) is 18.2 Å². The number of aromatic nitrogens is 2. The van der Waals surface area contributed by atoms with Crippen molar-refractivity contribution in [2.24, 2.45) is 5.92 Å². The highest BCUT2D eigenvalue weighted by Gasteiger charge is 2.42. The Bertz CT molecular complexity index is 1460. The number of ether oxygens (including phenoxy) is 3. The maximum atomic E-state index is 14.9. The van der Waals surface area contributed by atoms with E-state index in [1.807, 2.05) is 25.1 Å². The largest absolute Gasteiger partial charge is 0.478 e. The van der Waals surface area contributed by atoms with Crippen molar-refractivity contribution >= 4 is 12.0 Å². The van der Waals surface area contributed by atoms with E-state index >= 15 is 0 Å². The molecule has 0 aliphatic carbocycles. The van der Waals surface area contributed by atoms with E-state index in [-0.39, 0.29) is 5.82 Å². The van der Waals surface area contributed by atoms with Crippen LogP contribution < -0.4 is 9.47 Å². The number of aryl methyl sites for hydroxylation is 1. The average Bonchev–Trinajstić information content (AvgIpc) is 3.67. The van der Waals surface area contributed by atoms with Crippen molar-refractivity contribution in [3.8, 4) is 11.5 Å². The van der Waals surface area contributed by atoms with Crippen molar-refractivity contribution in [3.05, 3.63) is 82.7 Å². The van der Waals surface area contributed by atoms with Gasteiger partial charge < -0.3 is 23.9 Å². The van der Waals surface area contributed by atoms with E-state index in [1.54, 1.807) is 25.3 Å². The van der Waals surface area contributed by atoms with Gasteiger partial charge in [-0.3, -0.25) is 4.90 Å². The van der Waals surface area contributed by atoms with Gasteiger partial charge in [0, 0.05) is 37.6 Å². The standard InChI is InChI=1S/C32H36FN3O5/c1-21-6-8-26(27(33)16-21)32(2)40-28-5-3-4-25(31(28)41-32)23-10-13-35(14-11-23)19-29-34-17-24(7-9-30(37)38)36(29)18-22-12-15-39-20-22/h3-9,16-17,22-23H,10-15,18-20H2,1-2H3,(H,37,38)/b9-7+/t22-,32+/m1/s1. The molecule has 1 aromatic heterocycles. The number of hydrogen-bond donors (Lipinski definition) is 1. The molecular weight excluding hydrogens is 525 g/mol. The number of likely N-dealkylation sites (tertiary alicyclic amines) is 1. The van der Waals surface area contributed by atoms with E-state index in [0.717, 1.165) is 74.2 Å². The number of fused-ring (bicyclic) bond motifs is 1. The fourth-order valence-corrected chi connectivity index (χ4v) is 6.21. The highest BCUT2D eigenvalue weighted by molar-refractivity contribution is 5.84. The minimum Gasteiger partial charge on any atom is -0.478 e. The fraction of sp³-hybridized carbons (Fsp3) is 0.438. The number of carboxylic acids is 1. The number of para-hydroxylation sites is 1. The Balaban J connectivity index is 1.14. The lowest BCUT2D eigenvalue weighted by Crippen LogP contribution is -2.34. The Labute approximate surface area is 239 Å². The van der Waals surface area contributed by atoms with Gasteiger partial charge in [0.25, 0.3) is 5.79 Å². The van der Waals surface area contributed by atoms with Gasteiger partial charge in [-0.2, -0.15) is 0 Å². The quantitative estimate of drug-likeness (QED) is 0.364. The summed E-state index contributed by atoms with van der Waals surface area (Å²) in [4.78, 5) is 18.2. The highest BCUT2D eigenvalue weighted by atomic mass is 19.1. The molecule has 41 heavy (non-hydrogen) atoms. The summed E-state index contributed by atoms with van der Waals surface area (Å²) < 4.78 is 35.2. The molecule has 8 nitrogen and oxygen atoms in total. The second-order valence-corrected chi connectivity index (χ2v) is 11.5. The highest BCUT2D eigenvalue weighted by Crippen LogP contribution is 2.49. The number of carboxylic acid groups (broad SMARTS) is 1. The molecule has 0 unspecified atom stereocenters. The van der Waals surface area contributed by atoms with Crippen LogP contribution in [0.1, 0.15) is 60.3 Å². The first-order chi connectivity index (χ1) is 19.8. The van der Waals surface area contributed by atoms with Crippen LogP contribution in [0.4, 0.5) is 4.39 Å². The molecule has 9 heteroatoms. The molecule has 4 heterocycles. The second kappa shape index (κ2) is 11.3. The van der Waals surface area contributed by atoms with Gasteiger partial charge in [-0.05, 0) is 75.0 Å². The van der Waals surface area contributed by atoms with Crippen LogP contribution in [-0.2, 0) is 28.4 Å². The molecular formula is C32H36FN3O5. The third-order valence-electron chi connectivity index (χ3n) is 8.45. The second-order valence-electron chi connectivity index (χ2n) is 11.5. The third-order valence-corrected chi connectivity index (χ3v) is 8.45. The van der Waals surface area contributed by atoms with Crippen molar-refractivity contribution in [2.75, 3.05) is 26.3 Å². The Morgan fingerprint density at radius 1 is 1.20 bits per heavy atom. The molecule has 3 aliphatic heterocycles. The molecule has 3 aliphatic rings. The predicted molar refractivity (Wildman–Crippen MR) is 151 cm³/mol. The minimum atomic E-state index is -1.22. The maximum absolute atomic E-state index is 14.9. The van der Waals surface area contributed by atoms with E-state index in [9.17, 15) is 9.18 Å². The maximum Gasteiger partial charge on any atom is 0.328 e. The van der Waals surface area contributed by atoms with Crippen LogP contribution in [0.2, 0.25) is 0 Å². The Kier molecular flexibility index (Phi) is 7.57. The van der Waals surface area contributed by atoms with Gasteiger partial charge >= 0.3 is 5.97 Å². The van der Waals surface area contributed by atoms with E-state index < -0.39 is 11.8 Å². The first-order valence-electron chi connectivity index (χ1n) is 14.3. The number of nitrogens with zero attached hydrogens (tertiary/aromatic N) is 3. The van der Waals surface area contributed by atoms with Crippen molar-refractivity contribution in [1.82, 2.24) is 14.5 Å². The lowest BCUT2D eigenvalue weighted by atomic mass is 9.88. The first kappa shape index (κ1) is 27.5. The molecule has 216 valence electrons. The number of imidazole rings is 1. The van der Waals surface area contributed by atoms with Gasteiger partial charge in [0.1, 0.15) is 11.6 Å². The van der Waals surface area contributed by atoms with Gasteiger partial charge in [0.05, 0.1) is 30.6 Å². The summed E-state index contributed by atoms with van der Waals surface area (Å²) in [5, 5.41) is 9.13. The van der Waals surface area contributed by atoms with Gasteiger partial charge in [-0.25, -0.2) is 14.2 Å². The summed E-state index contributed by atoms with van der Waals surface area (Å²) in [5.41, 5.74) is 3.13. The van der Waals surface area contributed by atoms with Gasteiger partial charge in [0.2, 0.25) is 0 Å². The summed E-state index contributed by atoms with van der Waals surface area (Å²) in [6.07, 6.45) is 7.42. The molecule has 0 amide bonds. The smallest absolute Gasteiger partial charge is 0.328 e. The van der Waals surface area contributed by atoms with Crippen molar-refractivity contribution in [2.45, 2.75) is 57.9 Å². The van der Waals surface area contributed by atoms with Gasteiger partial charge in [-0.15, -0.1) is 0 Å². The van der Waals surface area contributed by atoms with Crippen molar-refractivity contribution < 1.29 is 28.5 Å². The Morgan fingerprint density at radius 2 is 2.02 bits per heavy atom. The number of hydrogen-bond acceptors (Lipinski definition) is 6. The van der Waals surface area contributed by atoms with Crippen LogP contribution in [0.5, 0.6) is 11.5 Å². The van der Waals surface area contributed by atoms with Crippen molar-refractivity contribution in [3.63, 3.8) is 0 Å². The minimum absolute atomic E-state index is 0.291. The molecule has 0 spiro atoms. The van der Waals surface area contributed by atoms with Crippen LogP contribution in [0, 0.1) is 18.7 Å². The molecule has 2 atom stereocenters. The van der Waals surface area contributed by atoms with E-state index in [2.05, 4.69) is 20.5 Å². The van der Waals surface area contributed by atoms with Crippen LogP contribution in [0.3, 0.4) is 0 Å². The van der Waals surface area contributed by atoms with Crippen LogP contribution in [0.25, 0.3) is 6.08 Å². The molecule has 3 aromatic rings. The topological polar surface area (TPSA) is 86.1 Å². The predicted octanol–water partition coefficient (Wildman–Crippen LogP) is 5.49. The number of rotatable bonds is 8. The number of aliphatic carboxylic acids is 1. The molecule has 2 aromatic carbocycles. The normalized spacial score (nSPS) is 23.0. The lowest BCUT2D eigenvalue weighted by molar-refractivity contribution is -0.131. The number of carbonyl (C=O) groups is 1. The molecule has 0 radical (unpaired) electrons. The molecule has 0 bridgehead atoms. The molecule has 1 N–H and O–H groups in total. The van der Waals surface area contributed by atoms with E-state index in [0.29, 0.717) is 42.0 Å². The molecule has 2 saturated heterocycles. The summed E-state index contributed by atoms with van der Waals surface area (Å²) >= 11 is 0. The zero-order valence-electron chi connectivity index (χ0n) is 23.5. The van der Waals surface area contributed by atoms with Crippen LogP contribution in [0.15, 0.2) is 48.7 Å². The Morgan fingerprint density at radius 3 is 2.76 bits per heavy atom. The SMILES string of the molecule is Cc1ccc([C@@]2(C)Oc3cccc(C4CCN(Cc5ncc(/C=C/C(=O)O)n5C[C@H]5CCOC5)CC4)c3O2)c(F)c1. The zero-order valence-corrected chi connectivity index (χ0v) is 23.5. The summed E-state index contributed by atoms with van der Waals surface area (Å²) in [6, 6.07) is 11.1. The molecule has 6 rings (SSSR count). The van der Waals surface area contributed by atoms with Gasteiger partial charge in [0.15, 0.2) is 11.5 Å². The summed E-state index contributed by atoms with van der Waals surface area (Å²) in [5.74, 6) is 0.447. The van der Waals surface area contributed by atoms with Crippen LogP contribution >= 0.6 is 0 Å². The van der Waals surface area contributed by atoms with E-state index in [1.165, 1.54) is 6.07 Å². The monoisotopic (exact) mass is 561 g/mol. The van der Waals surface area contributed by atoms with E-state index in [4.69, 9.17) is 19.3 Å².